The van der Waals surface area contributed by atoms with Crippen LogP contribution >= 0.6 is 0 Å². The number of nitrogens with zero attached hydrogens (tertiary/aromatic N) is 2. The number of amides is 2. The molecule has 0 saturated heterocycles. The molecule has 8 nitrogen and oxygen atoms in total. The molecule has 0 fully saturated rings. The number of benzene rings is 2. The number of esters is 1. The molecule has 3 aromatic rings. The molecule has 0 N–H and O–H groups in total. The van der Waals surface area contributed by atoms with Crippen LogP contribution in [-0.4, -0.2) is 34.5 Å². The van der Waals surface area contributed by atoms with Gasteiger partial charge in [0.1, 0.15) is 5.75 Å². The number of rotatable bonds is 4. The lowest BCUT2D eigenvalue weighted by Crippen LogP contribution is -2.29. The van der Waals surface area contributed by atoms with Crippen LogP contribution in [0.5, 0.6) is 17.2 Å². The molecule has 2 amide bonds. The van der Waals surface area contributed by atoms with Gasteiger partial charge in [-0.3, -0.25) is 19.5 Å². The van der Waals surface area contributed by atoms with Crippen LogP contribution in [0.3, 0.4) is 0 Å². The monoisotopic (exact) mass is 402 g/mol. The van der Waals surface area contributed by atoms with E-state index in [1.165, 1.54) is 18.2 Å². The Balaban J connectivity index is 1.37. The standard InChI is InChI=1S/C22H14N2O6/c25-20-16-3-1-14(22(27)30-15-2-4-18-19(10-15)29-12-28-18)9-17(16)21(26)24(20)11-13-5-7-23-8-6-13/h1-10H,11-12H2. The van der Waals surface area contributed by atoms with Gasteiger partial charge in [-0.2, -0.15) is 0 Å². The predicted octanol–water partition coefficient (Wildman–Crippen LogP) is 2.83. The molecule has 8 heteroatoms. The summed E-state index contributed by atoms with van der Waals surface area (Å²) in [6, 6.07) is 12.6. The van der Waals surface area contributed by atoms with Crippen LogP contribution in [0, 0.1) is 0 Å². The van der Waals surface area contributed by atoms with E-state index in [-0.39, 0.29) is 35.8 Å². The molecule has 1 aromatic heterocycles. The van der Waals surface area contributed by atoms with Crippen LogP contribution in [0.4, 0.5) is 0 Å². The molecule has 3 heterocycles. The van der Waals surface area contributed by atoms with Crippen molar-refractivity contribution in [2.24, 2.45) is 0 Å². The van der Waals surface area contributed by atoms with Gasteiger partial charge in [-0.15, -0.1) is 0 Å². The Hall–Kier alpha value is -4.20. The molecule has 0 spiro atoms. The molecule has 2 aliphatic heterocycles. The van der Waals surface area contributed by atoms with Gasteiger partial charge in [0.25, 0.3) is 11.8 Å². The van der Waals surface area contributed by atoms with Crippen molar-refractivity contribution < 1.29 is 28.6 Å². The van der Waals surface area contributed by atoms with Crippen molar-refractivity contribution in [3.8, 4) is 17.2 Å². The Bertz CT molecular complexity index is 1190. The first-order valence-corrected chi connectivity index (χ1v) is 9.11. The first-order valence-electron chi connectivity index (χ1n) is 9.11. The summed E-state index contributed by atoms with van der Waals surface area (Å²) >= 11 is 0. The molecule has 5 rings (SSSR count). The number of carbonyl (C=O) groups is 3. The van der Waals surface area contributed by atoms with E-state index in [2.05, 4.69) is 4.98 Å². The van der Waals surface area contributed by atoms with Crippen LogP contribution in [0.2, 0.25) is 0 Å². The van der Waals surface area contributed by atoms with Gasteiger partial charge in [-0.1, -0.05) is 0 Å². The summed E-state index contributed by atoms with van der Waals surface area (Å²) in [4.78, 5) is 43.1. The molecule has 148 valence electrons. The van der Waals surface area contributed by atoms with Crippen LogP contribution in [0.15, 0.2) is 60.9 Å². The zero-order valence-electron chi connectivity index (χ0n) is 15.5. The molecule has 0 saturated carbocycles. The minimum atomic E-state index is -0.649. The third kappa shape index (κ3) is 3.04. The maximum absolute atomic E-state index is 12.8. The van der Waals surface area contributed by atoms with Gasteiger partial charge in [0.15, 0.2) is 11.5 Å². The second kappa shape index (κ2) is 7.00. The Labute approximate surface area is 170 Å². The van der Waals surface area contributed by atoms with E-state index in [0.717, 1.165) is 10.5 Å². The molecule has 0 atom stereocenters. The Kier molecular flexibility index (Phi) is 4.17. The lowest BCUT2D eigenvalue weighted by Gasteiger charge is -2.13. The van der Waals surface area contributed by atoms with Crippen LogP contribution in [-0.2, 0) is 6.54 Å². The van der Waals surface area contributed by atoms with E-state index in [0.29, 0.717) is 11.5 Å². The number of fused-ring (bicyclic) bond motifs is 2. The molecular weight excluding hydrogens is 388 g/mol. The zero-order valence-corrected chi connectivity index (χ0v) is 15.5. The van der Waals surface area contributed by atoms with Crippen molar-refractivity contribution in [2.75, 3.05) is 6.79 Å². The third-order valence-electron chi connectivity index (χ3n) is 4.85. The molecule has 0 bridgehead atoms. The van der Waals surface area contributed by atoms with Crippen molar-refractivity contribution in [1.82, 2.24) is 9.88 Å². The second-order valence-corrected chi connectivity index (χ2v) is 6.72. The SMILES string of the molecule is O=C(Oc1ccc2c(c1)OCO2)c1ccc2c(c1)C(=O)N(Cc1ccncc1)C2=O. The predicted molar refractivity (Wildman–Crippen MR) is 102 cm³/mol. The summed E-state index contributed by atoms with van der Waals surface area (Å²) in [5, 5.41) is 0. The fraction of sp³-hybridized carbons (Fsp3) is 0.0909. The quantitative estimate of drug-likeness (QED) is 0.376. The first kappa shape index (κ1) is 17.9. The van der Waals surface area contributed by atoms with E-state index < -0.39 is 17.8 Å². The normalized spacial score (nSPS) is 14.1. The third-order valence-corrected chi connectivity index (χ3v) is 4.85. The van der Waals surface area contributed by atoms with Crippen molar-refractivity contribution in [2.45, 2.75) is 6.54 Å². The fourth-order valence-corrected chi connectivity index (χ4v) is 3.34. The largest absolute Gasteiger partial charge is 0.454 e. The van der Waals surface area contributed by atoms with Crippen LogP contribution in [0.25, 0.3) is 0 Å². The summed E-state index contributed by atoms with van der Waals surface area (Å²) < 4.78 is 15.9. The molecule has 0 radical (unpaired) electrons. The zero-order chi connectivity index (χ0) is 20.7. The average Bonchev–Trinajstić information content (AvgIpc) is 3.32. The molecule has 2 aromatic carbocycles. The summed E-state index contributed by atoms with van der Waals surface area (Å²) in [5.74, 6) is -0.157. The minimum absolute atomic E-state index is 0.115. The molecule has 2 aliphatic rings. The number of hydrogen-bond donors (Lipinski definition) is 0. The van der Waals surface area contributed by atoms with Gasteiger partial charge < -0.3 is 14.2 Å². The van der Waals surface area contributed by atoms with Crippen LogP contribution < -0.4 is 14.2 Å². The maximum atomic E-state index is 12.8. The molecule has 0 aliphatic carbocycles. The van der Waals surface area contributed by atoms with Crippen molar-refractivity contribution in [1.29, 1.82) is 0 Å². The summed E-state index contributed by atoms with van der Waals surface area (Å²) in [5.41, 5.74) is 1.38. The Morgan fingerprint density at radius 1 is 0.933 bits per heavy atom. The van der Waals surface area contributed by atoms with E-state index in [1.807, 2.05) is 0 Å². The number of carbonyl (C=O) groups excluding carboxylic acids is 3. The van der Waals surface area contributed by atoms with E-state index in [9.17, 15) is 14.4 Å². The van der Waals surface area contributed by atoms with Gasteiger partial charge in [0.2, 0.25) is 6.79 Å². The molecule has 30 heavy (non-hydrogen) atoms. The summed E-state index contributed by atoms with van der Waals surface area (Å²) in [7, 11) is 0. The van der Waals surface area contributed by atoms with E-state index >= 15 is 0 Å². The highest BCUT2D eigenvalue weighted by Crippen LogP contribution is 2.35. The highest BCUT2D eigenvalue weighted by molar-refractivity contribution is 6.21. The van der Waals surface area contributed by atoms with Gasteiger partial charge in [0, 0.05) is 18.5 Å². The fourth-order valence-electron chi connectivity index (χ4n) is 3.34. The lowest BCUT2D eigenvalue weighted by molar-refractivity contribution is 0.0641. The van der Waals surface area contributed by atoms with Crippen LogP contribution in [0.1, 0.15) is 36.6 Å². The summed E-state index contributed by atoms with van der Waals surface area (Å²) in [6.07, 6.45) is 3.19. The molecule has 0 unspecified atom stereocenters. The van der Waals surface area contributed by atoms with Crippen molar-refractivity contribution >= 4 is 17.8 Å². The highest BCUT2D eigenvalue weighted by Gasteiger charge is 2.36. The smallest absolute Gasteiger partial charge is 0.343 e. The average molecular weight is 402 g/mol. The van der Waals surface area contributed by atoms with Crippen molar-refractivity contribution in [3.05, 3.63) is 83.2 Å². The number of ether oxygens (including phenoxy) is 3. The highest BCUT2D eigenvalue weighted by atomic mass is 16.7. The minimum Gasteiger partial charge on any atom is -0.454 e. The van der Waals surface area contributed by atoms with Gasteiger partial charge in [0.05, 0.1) is 23.2 Å². The van der Waals surface area contributed by atoms with Gasteiger partial charge in [-0.25, -0.2) is 4.79 Å². The first-order chi connectivity index (χ1) is 14.6. The van der Waals surface area contributed by atoms with Gasteiger partial charge in [-0.05, 0) is 48.0 Å². The maximum Gasteiger partial charge on any atom is 0.343 e. The Morgan fingerprint density at radius 2 is 1.70 bits per heavy atom. The van der Waals surface area contributed by atoms with E-state index in [4.69, 9.17) is 14.2 Å². The number of pyridine rings is 1. The second-order valence-electron chi connectivity index (χ2n) is 6.72. The lowest BCUT2D eigenvalue weighted by atomic mass is 10.1. The van der Waals surface area contributed by atoms with E-state index in [1.54, 1.807) is 42.7 Å². The van der Waals surface area contributed by atoms with Crippen molar-refractivity contribution in [3.63, 3.8) is 0 Å². The van der Waals surface area contributed by atoms with Gasteiger partial charge >= 0.3 is 5.97 Å². The summed E-state index contributed by atoms with van der Waals surface area (Å²) in [6.45, 7) is 0.246. The topological polar surface area (TPSA) is 95.0 Å². The number of imide groups is 1. The Morgan fingerprint density at radius 3 is 2.53 bits per heavy atom. The number of aromatic nitrogens is 1. The number of hydrogen-bond acceptors (Lipinski definition) is 7. The molecular formula is C22H14N2O6.